The van der Waals surface area contributed by atoms with Crippen LogP contribution in [0.15, 0.2) is 198 Å². The van der Waals surface area contributed by atoms with Gasteiger partial charge in [0, 0.05) is 77.6 Å². The number of nitrogens with zero attached hydrogens (tertiary/aromatic N) is 6. The standard InChI is InChI=1S/C13H11N3.2C9H9N3.C9H8N2O.2C9H8N2S/c1-2-4-13-10(3-1)9-12(15-13)6-5-11-7-8-14-16-11;1(8-3-5-10-7-8)2-9-4-6-11-12-9;1-2-8(10-6-1)3-4-9-5-7-11-12-9;1-2-9(12-7-1)4-3-8-5-6-10-11-8;1(8-4-6-12-7-8)2-9-3-5-10-11-9;1-2-9(12-7-1)4-3-8-5-6-10-11-8/h1-9,15H,(H,14,16);2*1-7,10H,(H,11,12);3*1-7H,(H,10,11)/b6-5+;2-1+;2*4-3+;2-1+;4-3+. The second-order valence-electron chi connectivity index (χ2n) is 15.7. The number of benzene rings is 1. The molecule has 0 bridgehead atoms. The van der Waals surface area contributed by atoms with Crippen LogP contribution in [0.1, 0.15) is 67.3 Å². The summed E-state index contributed by atoms with van der Waals surface area (Å²) in [5, 5.41) is 47.7. The lowest BCUT2D eigenvalue weighted by Gasteiger charge is -1.85. The van der Waals surface area contributed by atoms with Crippen molar-refractivity contribution in [3.8, 4) is 0 Å². The Bertz CT molecular complexity index is 2950. The van der Waals surface area contributed by atoms with Gasteiger partial charge in [0.05, 0.1) is 40.4 Å². The normalized spacial score (nSPS) is 11.1. The first kappa shape index (κ1) is 52.0. The Morgan fingerprint density at radius 3 is 1.43 bits per heavy atom. The number of aromatic nitrogens is 15. The minimum absolute atomic E-state index is 0.838. The molecule has 76 heavy (non-hydrogen) atoms. The molecule has 378 valence electrons. The van der Waals surface area contributed by atoms with E-state index < -0.39 is 0 Å². The van der Waals surface area contributed by atoms with Gasteiger partial charge < -0.3 is 19.4 Å². The fourth-order valence-corrected chi connectivity index (χ4v) is 7.69. The molecule has 0 fully saturated rings. The molecule has 0 atom stereocenters. The van der Waals surface area contributed by atoms with E-state index in [2.05, 4.69) is 135 Å². The molecule has 0 amide bonds. The molecule has 0 saturated heterocycles. The van der Waals surface area contributed by atoms with Gasteiger partial charge in [-0.3, -0.25) is 30.6 Å². The summed E-state index contributed by atoms with van der Waals surface area (Å²) in [5.74, 6) is 0.838. The Labute approximate surface area is 445 Å². The van der Waals surface area contributed by atoms with E-state index in [4.69, 9.17) is 4.42 Å². The van der Waals surface area contributed by atoms with Crippen LogP contribution < -0.4 is 0 Å². The number of fused-ring (bicyclic) bond motifs is 1. The maximum atomic E-state index is 5.11. The molecule has 0 aliphatic heterocycles. The smallest absolute Gasteiger partial charge is 0.126 e. The number of nitrogens with one attached hydrogen (secondary N) is 9. The largest absolute Gasteiger partial charge is 0.465 e. The zero-order chi connectivity index (χ0) is 51.9. The molecule has 12 aromatic heterocycles. The minimum atomic E-state index is 0.838. The summed E-state index contributed by atoms with van der Waals surface area (Å²) in [6.45, 7) is 0. The first-order valence-corrected chi connectivity index (χ1v) is 25.5. The van der Waals surface area contributed by atoms with Gasteiger partial charge in [0.2, 0.25) is 0 Å². The number of hydrogen-bond donors (Lipinski definition) is 9. The SMILES string of the molecule is C(=C\c1cc2ccccc2[nH]1)/c1ccn[nH]1.C(=C\c1ccco1)/c1ccn[nH]1.C(=C\c1cccs1)/c1ccn[nH]1.C(=C\c1ccn[nH]1)/c1cc[nH]c1.C(=C\c1ccn[nH]1)/c1ccc[nH]1.C(=C\c1ccn[nH]1)/c1ccsc1. The third-order valence-corrected chi connectivity index (χ3v) is 11.7. The van der Waals surface area contributed by atoms with Crippen LogP contribution in [0.2, 0.25) is 0 Å². The van der Waals surface area contributed by atoms with Crippen molar-refractivity contribution in [3.63, 3.8) is 0 Å². The first-order chi connectivity index (χ1) is 37.7. The predicted molar refractivity (Wildman–Crippen MR) is 312 cm³/mol. The second-order valence-corrected chi connectivity index (χ2v) is 17.5. The average molecular weight is 1040 g/mol. The van der Waals surface area contributed by atoms with Crippen LogP contribution in [-0.2, 0) is 0 Å². The van der Waals surface area contributed by atoms with E-state index in [9.17, 15) is 0 Å². The quantitative estimate of drug-likeness (QED) is 0.0574. The third kappa shape index (κ3) is 18.7. The summed E-state index contributed by atoms with van der Waals surface area (Å²) in [6, 6.07) is 37.8. The van der Waals surface area contributed by atoms with Crippen molar-refractivity contribution < 1.29 is 4.42 Å². The number of para-hydroxylation sites is 1. The fourth-order valence-electron chi connectivity index (χ4n) is 6.45. The van der Waals surface area contributed by atoms with E-state index in [1.165, 1.54) is 15.8 Å². The van der Waals surface area contributed by atoms with Gasteiger partial charge in [-0.25, -0.2) is 0 Å². The van der Waals surface area contributed by atoms with Crippen molar-refractivity contribution in [2.45, 2.75) is 0 Å². The Morgan fingerprint density at radius 1 is 0.408 bits per heavy atom. The highest BCUT2D eigenvalue weighted by molar-refractivity contribution is 7.10. The van der Waals surface area contributed by atoms with Crippen molar-refractivity contribution in [1.82, 2.24) is 76.1 Å². The maximum Gasteiger partial charge on any atom is 0.126 e. The highest BCUT2D eigenvalue weighted by Gasteiger charge is 1.97. The van der Waals surface area contributed by atoms with E-state index in [1.54, 1.807) is 66.1 Å². The van der Waals surface area contributed by atoms with E-state index in [0.717, 1.165) is 62.4 Å². The van der Waals surface area contributed by atoms with Crippen molar-refractivity contribution in [1.29, 1.82) is 0 Å². The monoisotopic (exact) mass is 1040 g/mol. The summed E-state index contributed by atoms with van der Waals surface area (Å²) >= 11 is 3.42. The number of aromatic amines is 9. The average Bonchev–Trinajstić information content (AvgIpc) is 4.30. The Hall–Kier alpha value is -10.3. The summed E-state index contributed by atoms with van der Waals surface area (Å²) in [6.07, 6.45) is 41.7. The van der Waals surface area contributed by atoms with Gasteiger partial charge in [0.1, 0.15) is 5.76 Å². The molecule has 13 aromatic rings. The molecule has 0 radical (unpaired) electrons. The van der Waals surface area contributed by atoms with E-state index >= 15 is 0 Å². The van der Waals surface area contributed by atoms with E-state index in [0.29, 0.717) is 0 Å². The molecule has 0 aliphatic rings. The lowest BCUT2D eigenvalue weighted by molar-refractivity contribution is 0.557. The Kier molecular flexibility index (Phi) is 20.5. The van der Waals surface area contributed by atoms with Gasteiger partial charge in [-0.1, -0.05) is 36.4 Å². The molecule has 0 aliphatic carbocycles. The Morgan fingerprint density at radius 2 is 0.961 bits per heavy atom. The molecular formula is C58H53N15OS2. The fraction of sp³-hybridized carbons (Fsp3) is 0. The van der Waals surface area contributed by atoms with Crippen LogP contribution in [-0.4, -0.2) is 76.1 Å². The van der Waals surface area contributed by atoms with Crippen molar-refractivity contribution in [2.24, 2.45) is 0 Å². The zero-order valence-corrected chi connectivity index (χ0v) is 42.4. The van der Waals surface area contributed by atoms with Crippen LogP contribution in [0.25, 0.3) is 83.8 Å². The third-order valence-electron chi connectivity index (χ3n) is 10.2. The highest BCUT2D eigenvalue weighted by atomic mass is 32.1. The van der Waals surface area contributed by atoms with Gasteiger partial charge in [-0.05, 0) is 184 Å². The predicted octanol–water partition coefficient (Wildman–Crippen LogP) is 14.3. The van der Waals surface area contributed by atoms with Crippen LogP contribution in [0.3, 0.4) is 0 Å². The lowest BCUT2D eigenvalue weighted by atomic mass is 10.2. The molecule has 12 heterocycles. The van der Waals surface area contributed by atoms with E-state index in [1.807, 2.05) is 164 Å². The van der Waals surface area contributed by atoms with Gasteiger partial charge >= 0.3 is 0 Å². The van der Waals surface area contributed by atoms with Crippen LogP contribution in [0.5, 0.6) is 0 Å². The van der Waals surface area contributed by atoms with Crippen LogP contribution in [0, 0.1) is 0 Å². The van der Waals surface area contributed by atoms with Gasteiger partial charge in [-0.15, -0.1) is 11.3 Å². The van der Waals surface area contributed by atoms with Crippen LogP contribution >= 0.6 is 22.7 Å². The zero-order valence-electron chi connectivity index (χ0n) is 40.8. The number of hydrogen-bond acceptors (Lipinski definition) is 9. The van der Waals surface area contributed by atoms with Gasteiger partial charge in [-0.2, -0.15) is 41.9 Å². The summed E-state index contributed by atoms with van der Waals surface area (Å²) in [5.41, 5.74) is 11.8. The molecule has 13 rings (SSSR count). The van der Waals surface area contributed by atoms with Gasteiger partial charge in [0.25, 0.3) is 0 Å². The number of furan rings is 1. The molecule has 18 heteroatoms. The molecular weight excluding hydrogens is 987 g/mol. The highest BCUT2D eigenvalue weighted by Crippen LogP contribution is 2.17. The van der Waals surface area contributed by atoms with Crippen molar-refractivity contribution in [2.75, 3.05) is 0 Å². The van der Waals surface area contributed by atoms with Crippen molar-refractivity contribution in [3.05, 3.63) is 261 Å². The second kappa shape index (κ2) is 29.9. The molecule has 0 saturated carbocycles. The number of thiophene rings is 2. The molecule has 16 nitrogen and oxygen atoms in total. The number of H-pyrrole nitrogens is 9. The minimum Gasteiger partial charge on any atom is -0.465 e. The Balaban J connectivity index is 0.000000121. The molecule has 0 spiro atoms. The molecule has 0 unspecified atom stereocenters. The topological polar surface area (TPSA) is 233 Å². The van der Waals surface area contributed by atoms with Gasteiger partial charge in [0.15, 0.2) is 0 Å². The maximum absolute atomic E-state index is 5.11. The first-order valence-electron chi connectivity index (χ1n) is 23.6. The summed E-state index contributed by atoms with van der Waals surface area (Å²) < 4.78 is 5.11. The lowest BCUT2D eigenvalue weighted by Crippen LogP contribution is -1.72. The summed E-state index contributed by atoms with van der Waals surface area (Å²) in [7, 11) is 0. The number of rotatable bonds is 12. The van der Waals surface area contributed by atoms with Crippen molar-refractivity contribution >= 4 is 106 Å². The summed E-state index contributed by atoms with van der Waals surface area (Å²) in [4.78, 5) is 10.7. The molecule has 1 aromatic carbocycles. The van der Waals surface area contributed by atoms with Crippen LogP contribution in [0.4, 0.5) is 0 Å². The molecule has 9 N–H and O–H groups in total. The van der Waals surface area contributed by atoms with E-state index in [-0.39, 0.29) is 0 Å².